The minimum absolute atomic E-state index is 0.0770. The third kappa shape index (κ3) is 3.77. The van der Waals surface area contributed by atoms with Gasteiger partial charge in [-0.05, 0) is 43.2 Å². The van der Waals surface area contributed by atoms with E-state index < -0.39 is 0 Å². The maximum atomic E-state index is 8.85. The summed E-state index contributed by atoms with van der Waals surface area (Å²) in [4.78, 5) is 4.24. The van der Waals surface area contributed by atoms with Crippen LogP contribution in [0.1, 0.15) is 24.2 Å². The molecule has 0 fully saturated rings. The SMILES string of the molecule is C[C@H](N)c1ccc(Oc2ccc(CCO)cc2)cn1. The predicted molar refractivity (Wildman–Crippen MR) is 74.1 cm³/mol. The van der Waals surface area contributed by atoms with E-state index in [1.165, 1.54) is 0 Å². The highest BCUT2D eigenvalue weighted by atomic mass is 16.5. The number of aliphatic hydroxyl groups is 1. The molecule has 3 N–H and O–H groups in total. The molecule has 0 saturated carbocycles. The minimum Gasteiger partial charge on any atom is -0.456 e. The van der Waals surface area contributed by atoms with Crippen molar-refractivity contribution in [3.05, 3.63) is 53.9 Å². The highest BCUT2D eigenvalue weighted by Gasteiger charge is 2.02. The van der Waals surface area contributed by atoms with Crippen molar-refractivity contribution in [2.75, 3.05) is 6.61 Å². The van der Waals surface area contributed by atoms with Crippen molar-refractivity contribution in [3.8, 4) is 11.5 Å². The molecule has 1 aromatic carbocycles. The first-order valence-corrected chi connectivity index (χ1v) is 6.28. The van der Waals surface area contributed by atoms with Gasteiger partial charge in [-0.25, -0.2) is 0 Å². The lowest BCUT2D eigenvalue weighted by Gasteiger charge is -2.08. The van der Waals surface area contributed by atoms with Crippen molar-refractivity contribution in [1.29, 1.82) is 0 Å². The quantitative estimate of drug-likeness (QED) is 0.864. The van der Waals surface area contributed by atoms with Crippen LogP contribution in [0.25, 0.3) is 0 Å². The standard InChI is InChI=1S/C15H18N2O2/c1-11(16)15-7-6-14(10-17-15)19-13-4-2-12(3-5-13)8-9-18/h2-7,10-11,18H,8-9,16H2,1H3/t11-/m0/s1. The highest BCUT2D eigenvalue weighted by molar-refractivity contribution is 5.32. The molecule has 2 rings (SSSR count). The summed E-state index contributed by atoms with van der Waals surface area (Å²) in [6.07, 6.45) is 2.32. The van der Waals surface area contributed by atoms with Crippen LogP contribution in [-0.4, -0.2) is 16.7 Å². The van der Waals surface area contributed by atoms with Crippen molar-refractivity contribution in [3.63, 3.8) is 0 Å². The van der Waals surface area contributed by atoms with Crippen molar-refractivity contribution < 1.29 is 9.84 Å². The minimum atomic E-state index is -0.0770. The third-order valence-electron chi connectivity index (χ3n) is 2.79. The topological polar surface area (TPSA) is 68.4 Å². The van der Waals surface area contributed by atoms with Crippen LogP contribution in [0.4, 0.5) is 0 Å². The number of hydrogen-bond donors (Lipinski definition) is 2. The average Bonchev–Trinajstić information content (AvgIpc) is 2.42. The van der Waals surface area contributed by atoms with Crippen molar-refractivity contribution >= 4 is 0 Å². The number of aromatic nitrogens is 1. The van der Waals surface area contributed by atoms with E-state index >= 15 is 0 Å². The molecule has 2 aromatic rings. The Morgan fingerprint density at radius 2 is 1.84 bits per heavy atom. The average molecular weight is 258 g/mol. The fourth-order valence-corrected chi connectivity index (χ4v) is 1.71. The van der Waals surface area contributed by atoms with E-state index in [1.807, 2.05) is 43.3 Å². The third-order valence-corrected chi connectivity index (χ3v) is 2.79. The van der Waals surface area contributed by atoms with E-state index in [9.17, 15) is 0 Å². The molecule has 0 aliphatic heterocycles. The summed E-state index contributed by atoms with van der Waals surface area (Å²) in [7, 11) is 0. The van der Waals surface area contributed by atoms with Crippen molar-refractivity contribution in [2.24, 2.45) is 5.73 Å². The van der Waals surface area contributed by atoms with Crippen LogP contribution in [0.2, 0.25) is 0 Å². The fourth-order valence-electron chi connectivity index (χ4n) is 1.71. The molecule has 4 nitrogen and oxygen atoms in total. The zero-order valence-electron chi connectivity index (χ0n) is 10.9. The molecule has 0 radical (unpaired) electrons. The number of nitrogens with zero attached hydrogens (tertiary/aromatic N) is 1. The molecule has 0 aliphatic rings. The Bertz CT molecular complexity index is 507. The number of pyridine rings is 1. The Balaban J connectivity index is 2.04. The summed E-state index contributed by atoms with van der Waals surface area (Å²) < 4.78 is 5.68. The molecule has 1 aromatic heterocycles. The lowest BCUT2D eigenvalue weighted by atomic mass is 10.1. The Hall–Kier alpha value is -1.91. The van der Waals surface area contributed by atoms with Crippen LogP contribution < -0.4 is 10.5 Å². The Labute approximate surface area is 112 Å². The van der Waals surface area contributed by atoms with Gasteiger partial charge in [-0.1, -0.05) is 12.1 Å². The molecule has 0 amide bonds. The summed E-state index contributed by atoms with van der Waals surface area (Å²) >= 11 is 0. The van der Waals surface area contributed by atoms with E-state index in [0.29, 0.717) is 12.2 Å². The van der Waals surface area contributed by atoms with E-state index in [2.05, 4.69) is 4.98 Å². The maximum Gasteiger partial charge on any atom is 0.145 e. The first kappa shape index (κ1) is 13.5. The summed E-state index contributed by atoms with van der Waals surface area (Å²) in [5.41, 5.74) is 7.66. The molecule has 1 atom stereocenters. The van der Waals surface area contributed by atoms with Crippen LogP contribution in [0.5, 0.6) is 11.5 Å². The fraction of sp³-hybridized carbons (Fsp3) is 0.267. The van der Waals surface area contributed by atoms with E-state index in [4.69, 9.17) is 15.6 Å². The molecule has 4 heteroatoms. The van der Waals surface area contributed by atoms with Gasteiger partial charge in [0.25, 0.3) is 0 Å². The van der Waals surface area contributed by atoms with Gasteiger partial charge in [-0.15, -0.1) is 0 Å². The molecule has 19 heavy (non-hydrogen) atoms. The van der Waals surface area contributed by atoms with Gasteiger partial charge in [0, 0.05) is 12.6 Å². The Morgan fingerprint density at radius 1 is 1.16 bits per heavy atom. The molecule has 0 bridgehead atoms. The maximum absolute atomic E-state index is 8.85. The lowest BCUT2D eigenvalue weighted by Crippen LogP contribution is -2.06. The van der Waals surface area contributed by atoms with Gasteiger partial charge in [-0.2, -0.15) is 0 Å². The zero-order chi connectivity index (χ0) is 13.7. The second kappa shape index (κ2) is 6.31. The Morgan fingerprint density at radius 3 is 2.37 bits per heavy atom. The molecule has 0 spiro atoms. The molecule has 0 aliphatic carbocycles. The summed E-state index contributed by atoms with van der Waals surface area (Å²) in [5.74, 6) is 1.43. The van der Waals surface area contributed by atoms with Crippen LogP contribution in [-0.2, 0) is 6.42 Å². The number of ether oxygens (including phenoxy) is 1. The Kier molecular flexibility index (Phi) is 4.49. The monoisotopic (exact) mass is 258 g/mol. The van der Waals surface area contributed by atoms with Crippen LogP contribution in [0.3, 0.4) is 0 Å². The molecule has 1 heterocycles. The first-order chi connectivity index (χ1) is 9.19. The van der Waals surface area contributed by atoms with Crippen LogP contribution in [0, 0.1) is 0 Å². The van der Waals surface area contributed by atoms with Gasteiger partial charge in [0.15, 0.2) is 0 Å². The summed E-state index contributed by atoms with van der Waals surface area (Å²) in [6.45, 7) is 2.05. The van der Waals surface area contributed by atoms with Gasteiger partial charge in [0.2, 0.25) is 0 Å². The summed E-state index contributed by atoms with van der Waals surface area (Å²) in [6, 6.07) is 11.3. The van der Waals surface area contributed by atoms with Gasteiger partial charge < -0.3 is 15.6 Å². The number of rotatable bonds is 5. The molecule has 0 saturated heterocycles. The van der Waals surface area contributed by atoms with E-state index in [-0.39, 0.29) is 12.6 Å². The normalized spacial score (nSPS) is 12.2. The van der Waals surface area contributed by atoms with Gasteiger partial charge in [-0.3, -0.25) is 4.98 Å². The number of aliphatic hydroxyl groups excluding tert-OH is 1. The molecule has 0 unspecified atom stereocenters. The predicted octanol–water partition coefficient (Wildman–Crippen LogP) is 2.43. The van der Waals surface area contributed by atoms with Crippen LogP contribution >= 0.6 is 0 Å². The van der Waals surface area contributed by atoms with E-state index in [0.717, 1.165) is 17.0 Å². The van der Waals surface area contributed by atoms with Crippen molar-refractivity contribution in [2.45, 2.75) is 19.4 Å². The smallest absolute Gasteiger partial charge is 0.145 e. The number of nitrogens with two attached hydrogens (primary N) is 1. The molecular weight excluding hydrogens is 240 g/mol. The largest absolute Gasteiger partial charge is 0.456 e. The van der Waals surface area contributed by atoms with Gasteiger partial charge in [0.05, 0.1) is 11.9 Å². The second-order valence-electron chi connectivity index (χ2n) is 4.43. The second-order valence-corrected chi connectivity index (χ2v) is 4.43. The first-order valence-electron chi connectivity index (χ1n) is 6.28. The number of benzene rings is 1. The van der Waals surface area contributed by atoms with Crippen LogP contribution in [0.15, 0.2) is 42.6 Å². The zero-order valence-corrected chi connectivity index (χ0v) is 10.9. The molecular formula is C15H18N2O2. The number of hydrogen-bond acceptors (Lipinski definition) is 4. The lowest BCUT2D eigenvalue weighted by molar-refractivity contribution is 0.299. The summed E-state index contributed by atoms with van der Waals surface area (Å²) in [5, 5.41) is 8.85. The van der Waals surface area contributed by atoms with Crippen molar-refractivity contribution in [1.82, 2.24) is 4.98 Å². The van der Waals surface area contributed by atoms with Gasteiger partial charge >= 0.3 is 0 Å². The molecule has 100 valence electrons. The van der Waals surface area contributed by atoms with E-state index in [1.54, 1.807) is 6.20 Å². The highest BCUT2D eigenvalue weighted by Crippen LogP contribution is 2.21. The van der Waals surface area contributed by atoms with Gasteiger partial charge in [0.1, 0.15) is 11.5 Å².